The predicted octanol–water partition coefficient (Wildman–Crippen LogP) is 3.44. The summed E-state index contributed by atoms with van der Waals surface area (Å²) in [5.74, 6) is 0.875. The Morgan fingerprint density at radius 2 is 1.75 bits per heavy atom. The van der Waals surface area contributed by atoms with Crippen LogP contribution in [0.15, 0.2) is 71.9 Å². The van der Waals surface area contributed by atoms with Crippen molar-refractivity contribution >= 4 is 16.9 Å². The van der Waals surface area contributed by atoms with Gasteiger partial charge in [-0.05, 0) is 23.3 Å². The minimum Gasteiger partial charge on any atom is -0.352 e. The number of nitrogens with one attached hydrogen (secondary N) is 1. The van der Waals surface area contributed by atoms with Gasteiger partial charge in [0.1, 0.15) is 0 Å². The highest BCUT2D eigenvalue weighted by Crippen LogP contribution is 2.15. The first-order valence-electron chi connectivity index (χ1n) is 8.06. The van der Waals surface area contributed by atoms with E-state index in [0.717, 1.165) is 18.0 Å². The maximum Gasteiger partial charge on any atom is 0.194 e. The van der Waals surface area contributed by atoms with Crippen molar-refractivity contribution in [2.24, 2.45) is 4.99 Å². The third-order valence-electron chi connectivity index (χ3n) is 3.85. The molecule has 0 aliphatic heterocycles. The number of guanidine groups is 1. The van der Waals surface area contributed by atoms with Crippen molar-refractivity contribution in [1.82, 2.24) is 15.2 Å². The van der Waals surface area contributed by atoms with Gasteiger partial charge in [-0.25, -0.2) is 4.99 Å². The molecule has 3 aromatic rings. The molecule has 4 nitrogen and oxygen atoms in total. The van der Waals surface area contributed by atoms with Crippen LogP contribution in [0.4, 0.5) is 0 Å². The van der Waals surface area contributed by atoms with Crippen LogP contribution in [0.25, 0.3) is 10.9 Å². The summed E-state index contributed by atoms with van der Waals surface area (Å²) in [4.78, 5) is 11.1. The van der Waals surface area contributed by atoms with Crippen molar-refractivity contribution in [3.05, 3.63) is 78.0 Å². The molecule has 3 rings (SSSR count). The van der Waals surface area contributed by atoms with E-state index in [0.29, 0.717) is 6.54 Å². The maximum atomic E-state index is 4.70. The highest BCUT2D eigenvalue weighted by atomic mass is 15.3. The van der Waals surface area contributed by atoms with Crippen LogP contribution in [0.3, 0.4) is 0 Å². The van der Waals surface area contributed by atoms with E-state index in [9.17, 15) is 0 Å². The Bertz CT molecular complexity index is 820. The molecule has 0 fully saturated rings. The predicted molar refractivity (Wildman–Crippen MR) is 99.9 cm³/mol. The summed E-state index contributed by atoms with van der Waals surface area (Å²) >= 11 is 0. The van der Waals surface area contributed by atoms with Gasteiger partial charge < -0.3 is 10.2 Å². The third kappa shape index (κ3) is 3.90. The van der Waals surface area contributed by atoms with E-state index in [-0.39, 0.29) is 0 Å². The number of hydrogen-bond donors (Lipinski definition) is 1. The maximum absolute atomic E-state index is 4.70. The van der Waals surface area contributed by atoms with Crippen molar-refractivity contribution in [1.29, 1.82) is 0 Å². The molecule has 0 aliphatic carbocycles. The Morgan fingerprint density at radius 3 is 2.54 bits per heavy atom. The lowest BCUT2D eigenvalue weighted by atomic mass is 10.1. The number of benzene rings is 2. The SMILES string of the molecule is CN(C)C(=NCc1ccccc1)NCc1ccnc2ccccc12. The van der Waals surface area contributed by atoms with Crippen LogP contribution >= 0.6 is 0 Å². The molecule has 2 aromatic carbocycles. The summed E-state index contributed by atoms with van der Waals surface area (Å²) in [7, 11) is 4.00. The molecule has 0 unspecified atom stereocenters. The molecule has 0 spiro atoms. The van der Waals surface area contributed by atoms with E-state index in [4.69, 9.17) is 4.99 Å². The molecule has 0 saturated heterocycles. The molecule has 24 heavy (non-hydrogen) atoms. The largest absolute Gasteiger partial charge is 0.352 e. The first-order valence-corrected chi connectivity index (χ1v) is 8.06. The second-order valence-electron chi connectivity index (χ2n) is 5.86. The summed E-state index contributed by atoms with van der Waals surface area (Å²) in [5, 5.41) is 4.62. The molecule has 0 aliphatic rings. The molecular formula is C20H22N4. The molecule has 0 atom stereocenters. The fourth-order valence-electron chi connectivity index (χ4n) is 2.59. The van der Waals surface area contributed by atoms with Gasteiger partial charge in [-0.3, -0.25) is 4.98 Å². The molecule has 0 radical (unpaired) electrons. The van der Waals surface area contributed by atoms with E-state index >= 15 is 0 Å². The molecule has 0 saturated carbocycles. The van der Waals surface area contributed by atoms with Gasteiger partial charge in [0.05, 0.1) is 12.1 Å². The van der Waals surface area contributed by atoms with E-state index in [1.54, 1.807) is 0 Å². The average molecular weight is 318 g/mol. The zero-order chi connectivity index (χ0) is 16.8. The molecule has 0 bridgehead atoms. The summed E-state index contributed by atoms with van der Waals surface area (Å²) in [6.07, 6.45) is 1.86. The number of pyridine rings is 1. The lowest BCUT2D eigenvalue weighted by Gasteiger charge is -2.18. The smallest absolute Gasteiger partial charge is 0.194 e. The Morgan fingerprint density at radius 1 is 1.00 bits per heavy atom. The monoisotopic (exact) mass is 318 g/mol. The van der Waals surface area contributed by atoms with E-state index in [1.807, 2.05) is 61.6 Å². The summed E-state index contributed by atoms with van der Waals surface area (Å²) < 4.78 is 0. The lowest BCUT2D eigenvalue weighted by molar-refractivity contribution is 0.579. The lowest BCUT2D eigenvalue weighted by Crippen LogP contribution is -2.36. The molecule has 1 aromatic heterocycles. The Balaban J connectivity index is 1.74. The molecule has 4 heteroatoms. The summed E-state index contributed by atoms with van der Waals surface area (Å²) in [6.45, 7) is 1.38. The number of fused-ring (bicyclic) bond motifs is 1. The van der Waals surface area contributed by atoms with Crippen molar-refractivity contribution < 1.29 is 0 Å². The van der Waals surface area contributed by atoms with Crippen LogP contribution in [0.2, 0.25) is 0 Å². The first kappa shape index (κ1) is 16.0. The van der Waals surface area contributed by atoms with Crippen LogP contribution in [0.5, 0.6) is 0 Å². The van der Waals surface area contributed by atoms with Gasteiger partial charge in [0.2, 0.25) is 0 Å². The number of para-hydroxylation sites is 1. The van der Waals surface area contributed by atoms with Gasteiger partial charge in [0, 0.05) is 32.2 Å². The van der Waals surface area contributed by atoms with Gasteiger partial charge >= 0.3 is 0 Å². The van der Waals surface area contributed by atoms with E-state index in [2.05, 4.69) is 34.6 Å². The molecule has 1 heterocycles. The van der Waals surface area contributed by atoms with Crippen molar-refractivity contribution in [3.63, 3.8) is 0 Å². The fraction of sp³-hybridized carbons (Fsp3) is 0.200. The van der Waals surface area contributed by atoms with Crippen molar-refractivity contribution in [2.75, 3.05) is 14.1 Å². The summed E-state index contributed by atoms with van der Waals surface area (Å²) in [5.41, 5.74) is 3.44. The number of hydrogen-bond acceptors (Lipinski definition) is 2. The normalized spacial score (nSPS) is 11.5. The minimum absolute atomic E-state index is 0.665. The van der Waals surface area contributed by atoms with Gasteiger partial charge in [-0.15, -0.1) is 0 Å². The van der Waals surface area contributed by atoms with Gasteiger partial charge in [0.25, 0.3) is 0 Å². The molecule has 0 amide bonds. The Hall–Kier alpha value is -2.88. The molecule has 1 N–H and O–H groups in total. The number of nitrogens with zero attached hydrogens (tertiary/aromatic N) is 3. The quantitative estimate of drug-likeness (QED) is 0.592. The van der Waals surface area contributed by atoms with Crippen LogP contribution in [-0.2, 0) is 13.1 Å². The Labute approximate surface area is 142 Å². The zero-order valence-electron chi connectivity index (χ0n) is 14.1. The molecule has 122 valence electrons. The van der Waals surface area contributed by atoms with Crippen molar-refractivity contribution in [2.45, 2.75) is 13.1 Å². The van der Waals surface area contributed by atoms with Crippen LogP contribution in [0, 0.1) is 0 Å². The van der Waals surface area contributed by atoms with Crippen molar-refractivity contribution in [3.8, 4) is 0 Å². The zero-order valence-corrected chi connectivity index (χ0v) is 14.1. The second kappa shape index (κ2) is 7.59. The standard InChI is InChI=1S/C20H22N4/c1-24(2)20(22-14-16-8-4-3-5-9-16)23-15-17-12-13-21-19-11-7-6-10-18(17)19/h3-13H,14-15H2,1-2H3,(H,22,23). The number of aliphatic imine (C=N–C) groups is 1. The number of rotatable bonds is 4. The first-order chi connectivity index (χ1) is 11.7. The van der Waals surface area contributed by atoms with Crippen LogP contribution in [0.1, 0.15) is 11.1 Å². The average Bonchev–Trinajstić information content (AvgIpc) is 2.62. The van der Waals surface area contributed by atoms with Crippen LogP contribution in [-0.4, -0.2) is 29.9 Å². The second-order valence-corrected chi connectivity index (χ2v) is 5.86. The van der Waals surface area contributed by atoms with Gasteiger partial charge in [-0.2, -0.15) is 0 Å². The highest BCUT2D eigenvalue weighted by Gasteiger charge is 2.05. The van der Waals surface area contributed by atoms with E-state index in [1.165, 1.54) is 16.5 Å². The third-order valence-corrected chi connectivity index (χ3v) is 3.85. The highest BCUT2D eigenvalue weighted by molar-refractivity contribution is 5.83. The van der Waals surface area contributed by atoms with Gasteiger partial charge in [0.15, 0.2) is 5.96 Å². The van der Waals surface area contributed by atoms with E-state index < -0.39 is 0 Å². The Kier molecular flexibility index (Phi) is 5.06. The van der Waals surface area contributed by atoms with Gasteiger partial charge in [-0.1, -0.05) is 48.5 Å². The number of aromatic nitrogens is 1. The molecular weight excluding hydrogens is 296 g/mol. The fourth-order valence-corrected chi connectivity index (χ4v) is 2.59. The topological polar surface area (TPSA) is 40.5 Å². The minimum atomic E-state index is 0.665. The summed E-state index contributed by atoms with van der Waals surface area (Å²) in [6, 6.07) is 20.5. The van der Waals surface area contributed by atoms with Crippen LogP contribution < -0.4 is 5.32 Å².